The molecule has 0 aliphatic rings. The van der Waals surface area contributed by atoms with Gasteiger partial charge in [-0.2, -0.15) is 13.2 Å². The second-order valence-electron chi connectivity index (χ2n) is 3.85. The van der Waals surface area contributed by atoms with Crippen molar-refractivity contribution in [3.8, 4) is 0 Å². The highest BCUT2D eigenvalue weighted by molar-refractivity contribution is 6.36. The van der Waals surface area contributed by atoms with E-state index in [2.05, 4.69) is 20.6 Å². The van der Waals surface area contributed by atoms with Gasteiger partial charge >= 0.3 is 18.0 Å². The number of amides is 1. The lowest BCUT2D eigenvalue weighted by Gasteiger charge is -2.11. The number of ether oxygens (including phenoxy) is 1. The molecule has 0 aliphatic heterocycles. The number of benzene rings is 1. The van der Waals surface area contributed by atoms with Gasteiger partial charge in [-0.15, -0.1) is 5.10 Å². The van der Waals surface area contributed by atoms with Gasteiger partial charge in [0.15, 0.2) is 0 Å². The van der Waals surface area contributed by atoms with E-state index in [-0.39, 0.29) is 18.6 Å². The van der Waals surface area contributed by atoms with Crippen molar-refractivity contribution >= 4 is 29.9 Å². The summed E-state index contributed by atoms with van der Waals surface area (Å²) in [5.74, 6) is -1.44. The maximum absolute atomic E-state index is 12.7. The van der Waals surface area contributed by atoms with Crippen LogP contribution in [0.5, 0.6) is 0 Å². The monoisotopic (exact) mass is 337 g/mol. The third-order valence-electron chi connectivity index (χ3n) is 2.36. The van der Waals surface area contributed by atoms with Crippen LogP contribution >= 0.6 is 11.6 Å². The Kier molecular flexibility index (Phi) is 6.17. The maximum Gasteiger partial charge on any atom is 0.417 e. The van der Waals surface area contributed by atoms with E-state index >= 15 is 0 Å². The van der Waals surface area contributed by atoms with Crippen LogP contribution < -0.4 is 10.7 Å². The quantitative estimate of drug-likeness (QED) is 0.379. The molecular weight excluding hydrogens is 327 g/mol. The minimum atomic E-state index is -4.60. The van der Waals surface area contributed by atoms with Gasteiger partial charge in [-0.05, 0) is 17.7 Å². The van der Waals surface area contributed by atoms with Crippen LogP contribution in [0.25, 0.3) is 0 Å². The molecule has 0 fully saturated rings. The van der Waals surface area contributed by atoms with Gasteiger partial charge in [0.05, 0.1) is 10.6 Å². The fourth-order valence-electron chi connectivity index (χ4n) is 1.44. The number of rotatable bonds is 4. The van der Waals surface area contributed by atoms with Gasteiger partial charge in [-0.1, -0.05) is 17.7 Å². The van der Waals surface area contributed by atoms with Gasteiger partial charge in [0.1, 0.15) is 0 Å². The molecule has 0 spiro atoms. The predicted molar refractivity (Wildman–Crippen MR) is 71.9 cm³/mol. The van der Waals surface area contributed by atoms with Crippen molar-refractivity contribution in [3.63, 3.8) is 0 Å². The predicted octanol–water partition coefficient (Wildman–Crippen LogP) is 1.68. The van der Waals surface area contributed by atoms with Crippen molar-refractivity contribution < 1.29 is 27.5 Å². The number of hydrogen-bond donors (Lipinski definition) is 2. The summed E-state index contributed by atoms with van der Waals surface area (Å²) in [6.07, 6.45) is -4.60. The van der Waals surface area contributed by atoms with Gasteiger partial charge < -0.3 is 15.5 Å². The van der Waals surface area contributed by atoms with Gasteiger partial charge in [0.25, 0.3) is 6.47 Å². The number of hydrazone groups is 1. The maximum atomic E-state index is 12.7. The first-order valence-electron chi connectivity index (χ1n) is 5.78. The molecule has 0 saturated carbocycles. The van der Waals surface area contributed by atoms with E-state index in [1.165, 1.54) is 13.1 Å². The van der Waals surface area contributed by atoms with E-state index in [9.17, 15) is 22.8 Å². The number of nitrogens with one attached hydrogen (secondary N) is 2. The molecule has 0 aromatic heterocycles. The summed E-state index contributed by atoms with van der Waals surface area (Å²) in [7, 11) is 1.37. The molecular formula is C12H11ClF3N3O3. The number of carbonyl (C=O) groups is 2. The van der Waals surface area contributed by atoms with Crippen LogP contribution in [0.15, 0.2) is 23.3 Å². The van der Waals surface area contributed by atoms with Crippen molar-refractivity contribution in [2.24, 2.45) is 5.10 Å². The van der Waals surface area contributed by atoms with E-state index in [1.54, 1.807) is 0 Å². The molecule has 1 aromatic rings. The number of hydrogen-bond acceptors (Lipinski definition) is 5. The topological polar surface area (TPSA) is 79.8 Å². The SMILES string of the molecule is CN/N=C(\OC=O)C(=O)NCc1ccc(Cl)c(C(F)(F)F)c1. The van der Waals surface area contributed by atoms with E-state index in [0.29, 0.717) is 0 Å². The highest BCUT2D eigenvalue weighted by Crippen LogP contribution is 2.35. The Morgan fingerprint density at radius 1 is 1.45 bits per heavy atom. The van der Waals surface area contributed by atoms with Crippen LogP contribution in [0.1, 0.15) is 11.1 Å². The smallest absolute Gasteiger partial charge is 0.403 e. The van der Waals surface area contributed by atoms with E-state index in [1.807, 2.05) is 0 Å². The molecule has 1 rings (SSSR count). The summed E-state index contributed by atoms with van der Waals surface area (Å²) in [6, 6.07) is 3.22. The molecule has 22 heavy (non-hydrogen) atoms. The average molecular weight is 338 g/mol. The van der Waals surface area contributed by atoms with E-state index in [0.717, 1.165) is 12.1 Å². The zero-order valence-electron chi connectivity index (χ0n) is 11.2. The molecule has 1 aromatic carbocycles. The number of alkyl halides is 3. The third kappa shape index (κ3) is 4.92. The van der Waals surface area contributed by atoms with Crippen LogP contribution in [0.2, 0.25) is 5.02 Å². The molecule has 0 bridgehead atoms. The van der Waals surface area contributed by atoms with Crippen molar-refractivity contribution in [2.75, 3.05) is 7.05 Å². The van der Waals surface area contributed by atoms with Gasteiger partial charge in [0, 0.05) is 13.6 Å². The molecule has 2 N–H and O–H groups in total. The standard InChI is InChI=1S/C12H11ClF3N3O3/c1-17-19-11(22-6-20)10(21)18-5-7-2-3-9(13)8(4-7)12(14,15)16/h2-4,6,17H,5H2,1H3,(H,18,21)/b19-11-. The average Bonchev–Trinajstić information content (AvgIpc) is 2.44. The Balaban J connectivity index is 2.82. The lowest BCUT2D eigenvalue weighted by molar-refractivity contribution is -0.137. The molecule has 0 aliphatic carbocycles. The van der Waals surface area contributed by atoms with Gasteiger partial charge in [0.2, 0.25) is 0 Å². The normalized spacial score (nSPS) is 11.8. The highest BCUT2D eigenvalue weighted by Gasteiger charge is 2.33. The third-order valence-corrected chi connectivity index (χ3v) is 2.69. The first kappa shape index (κ1) is 17.8. The largest absolute Gasteiger partial charge is 0.417 e. The summed E-state index contributed by atoms with van der Waals surface area (Å²) in [5, 5.41) is 5.22. The van der Waals surface area contributed by atoms with Crippen LogP contribution in [0.4, 0.5) is 13.2 Å². The summed E-state index contributed by atoms with van der Waals surface area (Å²) in [4.78, 5) is 21.8. The Bertz CT molecular complexity index is 591. The molecule has 0 unspecified atom stereocenters. The molecule has 0 radical (unpaired) electrons. The van der Waals surface area contributed by atoms with Crippen LogP contribution in [-0.4, -0.2) is 25.3 Å². The van der Waals surface area contributed by atoms with Crippen molar-refractivity contribution in [3.05, 3.63) is 34.3 Å². The van der Waals surface area contributed by atoms with Crippen molar-refractivity contribution in [1.29, 1.82) is 0 Å². The summed E-state index contributed by atoms with van der Waals surface area (Å²) in [6.45, 7) is -0.232. The zero-order valence-corrected chi connectivity index (χ0v) is 12.0. The second kappa shape index (κ2) is 7.64. The molecule has 0 heterocycles. The molecule has 1 amide bonds. The minimum absolute atomic E-state index is 0.000197. The number of carbonyl (C=O) groups excluding carboxylic acids is 2. The highest BCUT2D eigenvalue weighted by atomic mass is 35.5. The first-order valence-corrected chi connectivity index (χ1v) is 6.16. The molecule has 120 valence electrons. The number of halogens is 4. The molecule has 6 nitrogen and oxygen atoms in total. The van der Waals surface area contributed by atoms with Crippen LogP contribution in [0, 0.1) is 0 Å². The summed E-state index contributed by atoms with van der Waals surface area (Å²) >= 11 is 5.48. The zero-order chi connectivity index (χ0) is 16.8. The Morgan fingerprint density at radius 2 is 2.14 bits per heavy atom. The van der Waals surface area contributed by atoms with Crippen molar-refractivity contribution in [1.82, 2.24) is 10.7 Å². The molecule has 0 atom stereocenters. The Morgan fingerprint density at radius 3 is 2.68 bits per heavy atom. The fraction of sp³-hybridized carbons (Fsp3) is 0.250. The minimum Gasteiger partial charge on any atom is -0.403 e. The van der Waals surface area contributed by atoms with Gasteiger partial charge in [-0.3, -0.25) is 9.59 Å². The Hall–Kier alpha value is -2.29. The van der Waals surface area contributed by atoms with E-state index < -0.39 is 28.6 Å². The Labute approximate surface area is 128 Å². The van der Waals surface area contributed by atoms with Crippen LogP contribution in [-0.2, 0) is 27.0 Å². The lowest BCUT2D eigenvalue weighted by atomic mass is 10.1. The number of nitrogens with zero attached hydrogens (tertiary/aromatic N) is 1. The van der Waals surface area contributed by atoms with Gasteiger partial charge in [-0.25, -0.2) is 0 Å². The van der Waals surface area contributed by atoms with E-state index in [4.69, 9.17) is 11.6 Å². The summed E-state index contributed by atoms with van der Waals surface area (Å²) < 4.78 is 42.4. The first-order chi connectivity index (χ1) is 10.3. The van der Waals surface area contributed by atoms with Crippen LogP contribution in [0.3, 0.4) is 0 Å². The second-order valence-corrected chi connectivity index (χ2v) is 4.26. The lowest BCUT2D eigenvalue weighted by Crippen LogP contribution is -2.33. The van der Waals surface area contributed by atoms with Crippen molar-refractivity contribution in [2.45, 2.75) is 12.7 Å². The molecule has 10 heteroatoms. The summed E-state index contributed by atoms with van der Waals surface area (Å²) in [5.41, 5.74) is 1.41. The fourth-order valence-corrected chi connectivity index (χ4v) is 1.66. The molecule has 0 saturated heterocycles.